The maximum absolute atomic E-state index is 11.4. The summed E-state index contributed by atoms with van der Waals surface area (Å²) < 4.78 is 83.8. The number of rotatable bonds is 0. The molecule has 0 heterocycles. The summed E-state index contributed by atoms with van der Waals surface area (Å²) in [5.41, 5.74) is 0. The van der Waals surface area contributed by atoms with Gasteiger partial charge in [0.15, 0.2) is 0 Å². The zero-order chi connectivity index (χ0) is 11.1. The quantitative estimate of drug-likeness (QED) is 0.421. The standard InChI is InChI=1S/3CF3.Bi/c3*2-1(3)4;. The van der Waals surface area contributed by atoms with Gasteiger partial charge in [0.25, 0.3) is 0 Å². The van der Waals surface area contributed by atoms with E-state index in [0.717, 1.165) is 0 Å². The van der Waals surface area contributed by atoms with Crippen molar-refractivity contribution >= 4 is 21.8 Å². The van der Waals surface area contributed by atoms with E-state index in [2.05, 4.69) is 0 Å². The van der Waals surface area contributed by atoms with Crippen molar-refractivity contribution in [1.82, 2.24) is 0 Å². The van der Waals surface area contributed by atoms with Crippen LogP contribution in [0.25, 0.3) is 0 Å². The minimum absolute atomic E-state index is 6.16. The molecule has 0 nitrogen and oxygen atoms in total. The first-order valence-corrected chi connectivity index (χ1v) is 7.59. The van der Waals surface area contributed by atoms with Crippen molar-refractivity contribution in [3.05, 3.63) is 0 Å². The van der Waals surface area contributed by atoms with Gasteiger partial charge in [0.05, 0.1) is 0 Å². The summed E-state index contributed by atoms with van der Waals surface area (Å²) >= 11 is -7.51. The summed E-state index contributed by atoms with van der Waals surface area (Å²) in [6.07, 6.45) is 0. The van der Waals surface area contributed by atoms with E-state index in [1.165, 1.54) is 0 Å². The van der Waals surface area contributed by atoms with Gasteiger partial charge in [-0.1, -0.05) is 0 Å². The predicted octanol–water partition coefficient (Wildman–Crippen LogP) is 2.79. The Labute approximate surface area is 73.4 Å². The van der Waals surface area contributed by atoms with Crippen molar-refractivity contribution < 1.29 is 39.5 Å². The fourth-order valence-corrected chi connectivity index (χ4v) is 3.78. The molecule has 0 saturated carbocycles. The Hall–Kier alpha value is 0.253. The molecule has 0 rings (SSSR count). The topological polar surface area (TPSA) is 0 Å². The molecule has 0 aliphatic heterocycles. The molecule has 10 heteroatoms. The molecule has 80 valence electrons. The van der Waals surface area contributed by atoms with Crippen LogP contribution in [-0.2, 0) is 0 Å². The van der Waals surface area contributed by atoms with E-state index < -0.39 is 33.4 Å². The van der Waals surface area contributed by atoms with Crippen LogP contribution in [0.4, 0.5) is 39.5 Å². The van der Waals surface area contributed by atoms with Crippen molar-refractivity contribution in [2.24, 2.45) is 0 Å². The van der Waals surface area contributed by atoms with Gasteiger partial charge in [0.1, 0.15) is 0 Å². The van der Waals surface area contributed by atoms with Crippen molar-refractivity contribution in [3.63, 3.8) is 0 Å². The summed E-state index contributed by atoms with van der Waals surface area (Å²) in [6.45, 7) is 0. The molecule has 13 heavy (non-hydrogen) atoms. The molecular weight excluding hydrogens is 416 g/mol. The number of alkyl halides is 9. The monoisotopic (exact) mass is 416 g/mol. The average Bonchev–Trinajstić information content (AvgIpc) is 1.44. The van der Waals surface area contributed by atoms with E-state index in [9.17, 15) is 39.5 Å². The summed E-state index contributed by atoms with van der Waals surface area (Å²) in [5.74, 6) is 0. The molecule has 0 unspecified atom stereocenters. The van der Waals surface area contributed by atoms with E-state index in [0.29, 0.717) is 0 Å². The second-order valence-electron chi connectivity index (χ2n) is 1.74. The molecule has 0 fully saturated rings. The van der Waals surface area contributed by atoms with Gasteiger partial charge >= 0.3 is 72.9 Å². The third kappa shape index (κ3) is 3.87. The van der Waals surface area contributed by atoms with Crippen LogP contribution < -0.4 is 0 Å². The van der Waals surface area contributed by atoms with Crippen LogP contribution in [0.5, 0.6) is 0 Å². The van der Waals surface area contributed by atoms with Crippen LogP contribution in [0.3, 0.4) is 0 Å². The van der Waals surface area contributed by atoms with Gasteiger partial charge in [-0.25, -0.2) is 0 Å². The van der Waals surface area contributed by atoms with Crippen molar-refractivity contribution in [1.29, 1.82) is 0 Å². The van der Waals surface area contributed by atoms with Crippen molar-refractivity contribution in [2.75, 3.05) is 0 Å². The Bertz CT molecular complexity index is 137. The molecule has 0 aliphatic rings. The number of halogens is 9. The van der Waals surface area contributed by atoms with E-state index in [1.807, 2.05) is 0 Å². The van der Waals surface area contributed by atoms with E-state index in [4.69, 9.17) is 0 Å². The third-order valence-electron chi connectivity index (χ3n) is 0.761. The molecule has 0 aromatic heterocycles. The molecule has 0 bridgehead atoms. The first kappa shape index (κ1) is 13.3. The van der Waals surface area contributed by atoms with Crippen molar-refractivity contribution in [3.8, 4) is 0 Å². The normalized spacial score (nSPS) is 15.2. The van der Waals surface area contributed by atoms with Crippen LogP contribution in [0, 0.1) is 0 Å². The molecule has 0 atom stereocenters. The minimum atomic E-state index is -7.51. The maximum atomic E-state index is 11.4. The Morgan fingerprint density at radius 1 is 0.462 bits per heavy atom. The van der Waals surface area contributed by atoms with E-state index in [-0.39, 0.29) is 0 Å². The van der Waals surface area contributed by atoms with Gasteiger partial charge in [0.2, 0.25) is 0 Å². The fraction of sp³-hybridized carbons (Fsp3) is 1.00. The first-order chi connectivity index (χ1) is 5.37. The second kappa shape index (κ2) is 3.44. The van der Waals surface area contributed by atoms with Gasteiger partial charge < -0.3 is 0 Å². The summed E-state index contributed by atoms with van der Waals surface area (Å²) in [6, 6.07) is 0. The van der Waals surface area contributed by atoms with E-state index >= 15 is 0 Å². The summed E-state index contributed by atoms with van der Waals surface area (Å²) in [4.78, 5) is 0. The Kier molecular flexibility index (Phi) is 3.50. The average molecular weight is 416 g/mol. The first-order valence-electron chi connectivity index (χ1n) is 2.37. The molecule has 0 amide bonds. The van der Waals surface area contributed by atoms with Crippen LogP contribution in [0.1, 0.15) is 0 Å². The second-order valence-corrected chi connectivity index (χ2v) is 10.3. The van der Waals surface area contributed by atoms with Gasteiger partial charge in [-0.2, -0.15) is 0 Å². The molecule has 0 saturated heterocycles. The Morgan fingerprint density at radius 2 is 0.615 bits per heavy atom. The van der Waals surface area contributed by atoms with E-state index in [1.54, 1.807) is 0 Å². The number of hydrogen-bond acceptors (Lipinski definition) is 0. The molecule has 0 aromatic rings. The summed E-state index contributed by atoms with van der Waals surface area (Å²) in [5, 5.41) is 0. The Balaban J connectivity index is 5.02. The zero-order valence-electron chi connectivity index (χ0n) is 5.35. The predicted molar refractivity (Wildman–Crippen MR) is 23.9 cm³/mol. The van der Waals surface area contributed by atoms with Crippen LogP contribution in [-0.4, -0.2) is 33.4 Å². The third-order valence-corrected chi connectivity index (χ3v) is 6.67. The molecule has 0 radical (unpaired) electrons. The fourth-order valence-electron chi connectivity index (χ4n) is 0.431. The van der Waals surface area contributed by atoms with Crippen LogP contribution >= 0.6 is 0 Å². The van der Waals surface area contributed by atoms with Crippen LogP contribution in [0.15, 0.2) is 0 Å². The SMILES string of the molecule is F[C](F)(F)[Bi]([C](F)(F)F)[C](F)(F)F. The van der Waals surface area contributed by atoms with Crippen molar-refractivity contribution in [2.45, 2.75) is 11.7 Å². The molecule has 0 aliphatic carbocycles. The molecular formula is C3BiF9. The van der Waals surface area contributed by atoms with Gasteiger partial charge in [-0.15, -0.1) is 0 Å². The summed E-state index contributed by atoms with van der Waals surface area (Å²) in [7, 11) is 0. The zero-order valence-corrected chi connectivity index (χ0v) is 8.83. The van der Waals surface area contributed by atoms with Crippen LogP contribution in [0.2, 0.25) is 0 Å². The Morgan fingerprint density at radius 3 is 0.615 bits per heavy atom. The molecule has 0 spiro atoms. The van der Waals surface area contributed by atoms with Gasteiger partial charge in [-0.05, 0) is 0 Å². The number of hydrogen-bond donors (Lipinski definition) is 0. The van der Waals surface area contributed by atoms with Gasteiger partial charge in [0, 0.05) is 0 Å². The molecule has 0 N–H and O–H groups in total. The van der Waals surface area contributed by atoms with Gasteiger partial charge in [-0.3, -0.25) is 0 Å². The molecule has 0 aromatic carbocycles.